The lowest BCUT2D eigenvalue weighted by Crippen LogP contribution is -1.79. The Morgan fingerprint density at radius 2 is 1.18 bits per heavy atom. The molecule has 9 aromatic rings. The lowest BCUT2D eigenvalue weighted by molar-refractivity contribution is 0.669. The van der Waals surface area contributed by atoms with Crippen LogP contribution < -0.4 is 0 Å². The van der Waals surface area contributed by atoms with E-state index in [0.29, 0.717) is 0 Å². The molecule has 9 rings (SSSR count). The third-order valence-corrected chi connectivity index (χ3v) is 7.31. The van der Waals surface area contributed by atoms with Crippen LogP contribution in [0.3, 0.4) is 0 Å². The van der Waals surface area contributed by atoms with E-state index in [4.69, 9.17) is 8.83 Å². The van der Waals surface area contributed by atoms with Crippen LogP contribution in [-0.4, -0.2) is 4.40 Å². The van der Waals surface area contributed by atoms with Gasteiger partial charge in [-0.15, -0.1) is 0 Å². The quantitative estimate of drug-likeness (QED) is 0.245. The summed E-state index contributed by atoms with van der Waals surface area (Å²) in [5.41, 5.74) is 7.31. The minimum absolute atomic E-state index is 0.919. The Morgan fingerprint density at radius 1 is 0.455 bits per heavy atom. The third-order valence-electron chi connectivity index (χ3n) is 7.31. The number of nitrogens with zero attached hydrogens (tertiary/aromatic N) is 1. The highest BCUT2D eigenvalue weighted by Gasteiger charge is 2.24. The minimum atomic E-state index is 0.919. The highest BCUT2D eigenvalue weighted by atomic mass is 16.3. The van der Waals surface area contributed by atoms with Crippen molar-refractivity contribution in [2.24, 2.45) is 0 Å². The maximum absolute atomic E-state index is 6.47. The van der Waals surface area contributed by atoms with Gasteiger partial charge in [0.15, 0.2) is 0 Å². The average Bonchev–Trinajstić information content (AvgIpc) is 3.58. The van der Waals surface area contributed by atoms with E-state index in [-0.39, 0.29) is 0 Å². The SMILES string of the molecule is c1ccc2c(c1)oc1c2ccc2c1c1cc3oc4ccccc4c3c3c4ccccc4n2c13. The van der Waals surface area contributed by atoms with E-state index in [1.165, 1.54) is 38.1 Å². The van der Waals surface area contributed by atoms with Gasteiger partial charge in [-0.05, 0) is 36.4 Å². The molecule has 0 saturated heterocycles. The second-order valence-corrected chi connectivity index (χ2v) is 8.91. The maximum Gasteiger partial charge on any atom is 0.145 e. The van der Waals surface area contributed by atoms with Gasteiger partial charge in [0.2, 0.25) is 0 Å². The molecule has 4 heterocycles. The highest BCUT2D eigenvalue weighted by molar-refractivity contribution is 6.37. The first-order chi connectivity index (χ1) is 16.4. The molecule has 0 aliphatic heterocycles. The lowest BCUT2D eigenvalue weighted by Gasteiger charge is -1.99. The molecular weight excluding hydrogens is 406 g/mol. The predicted octanol–water partition coefficient (Wildman–Crippen LogP) is 8.64. The summed E-state index contributed by atoms with van der Waals surface area (Å²) in [5, 5.41) is 9.48. The molecule has 0 amide bonds. The normalized spacial score (nSPS) is 12.8. The van der Waals surface area contributed by atoms with Crippen molar-refractivity contribution in [3.05, 3.63) is 91.0 Å². The Balaban J connectivity index is 1.68. The summed E-state index contributed by atoms with van der Waals surface area (Å²) in [6.07, 6.45) is 0. The molecule has 0 atom stereocenters. The van der Waals surface area contributed by atoms with Crippen molar-refractivity contribution >= 4 is 82.0 Å². The summed E-state index contributed by atoms with van der Waals surface area (Å²) in [7, 11) is 0. The van der Waals surface area contributed by atoms with Crippen molar-refractivity contribution in [2.45, 2.75) is 0 Å². The Hall–Kier alpha value is -4.50. The molecule has 0 aliphatic rings. The van der Waals surface area contributed by atoms with Gasteiger partial charge in [0.1, 0.15) is 22.3 Å². The van der Waals surface area contributed by atoms with Crippen LogP contribution in [0.1, 0.15) is 0 Å². The van der Waals surface area contributed by atoms with Gasteiger partial charge in [-0.3, -0.25) is 0 Å². The third kappa shape index (κ3) is 1.74. The van der Waals surface area contributed by atoms with Crippen LogP contribution in [0, 0.1) is 0 Å². The Kier molecular flexibility index (Phi) is 2.59. The number of benzene rings is 5. The van der Waals surface area contributed by atoms with E-state index in [0.717, 1.165) is 43.9 Å². The van der Waals surface area contributed by atoms with Gasteiger partial charge >= 0.3 is 0 Å². The van der Waals surface area contributed by atoms with Crippen molar-refractivity contribution in [3.63, 3.8) is 0 Å². The molecule has 33 heavy (non-hydrogen) atoms. The van der Waals surface area contributed by atoms with E-state index in [9.17, 15) is 0 Å². The van der Waals surface area contributed by atoms with Crippen LogP contribution in [0.5, 0.6) is 0 Å². The smallest absolute Gasteiger partial charge is 0.145 e. The molecule has 0 saturated carbocycles. The van der Waals surface area contributed by atoms with Gasteiger partial charge < -0.3 is 13.2 Å². The summed E-state index contributed by atoms with van der Waals surface area (Å²) in [5.74, 6) is 0. The number of fused-ring (bicyclic) bond motifs is 14. The molecule has 0 unspecified atom stereocenters. The van der Waals surface area contributed by atoms with E-state index in [1.54, 1.807) is 0 Å². The van der Waals surface area contributed by atoms with Gasteiger partial charge in [-0.2, -0.15) is 0 Å². The van der Waals surface area contributed by atoms with E-state index in [2.05, 4.69) is 77.2 Å². The van der Waals surface area contributed by atoms with Crippen molar-refractivity contribution in [1.29, 1.82) is 0 Å². The summed E-state index contributed by atoms with van der Waals surface area (Å²) in [6.45, 7) is 0. The number of hydrogen-bond donors (Lipinski definition) is 0. The largest absolute Gasteiger partial charge is 0.456 e. The zero-order chi connectivity index (χ0) is 21.3. The fourth-order valence-electron chi connectivity index (χ4n) is 6.04. The van der Waals surface area contributed by atoms with Crippen molar-refractivity contribution in [3.8, 4) is 0 Å². The predicted molar refractivity (Wildman–Crippen MR) is 136 cm³/mol. The number of aromatic nitrogens is 1. The fourth-order valence-corrected chi connectivity index (χ4v) is 6.04. The first-order valence-electron chi connectivity index (χ1n) is 11.2. The first-order valence-corrected chi connectivity index (χ1v) is 11.2. The average molecular weight is 421 g/mol. The van der Waals surface area contributed by atoms with E-state index >= 15 is 0 Å². The van der Waals surface area contributed by atoms with Crippen LogP contribution >= 0.6 is 0 Å². The molecule has 5 aromatic carbocycles. The van der Waals surface area contributed by atoms with Crippen LogP contribution in [0.2, 0.25) is 0 Å². The summed E-state index contributed by atoms with van der Waals surface area (Å²) in [4.78, 5) is 0. The minimum Gasteiger partial charge on any atom is -0.456 e. The van der Waals surface area contributed by atoms with Gasteiger partial charge in [0.05, 0.1) is 21.9 Å². The summed E-state index contributed by atoms with van der Waals surface area (Å²) < 4.78 is 15.3. The monoisotopic (exact) mass is 421 g/mol. The number of rotatable bonds is 0. The van der Waals surface area contributed by atoms with Gasteiger partial charge in [-0.1, -0.05) is 54.6 Å². The molecule has 0 bridgehead atoms. The Morgan fingerprint density at radius 3 is 2.06 bits per heavy atom. The van der Waals surface area contributed by atoms with Crippen molar-refractivity contribution in [1.82, 2.24) is 4.40 Å². The molecule has 3 nitrogen and oxygen atoms in total. The van der Waals surface area contributed by atoms with Crippen LogP contribution in [0.25, 0.3) is 82.0 Å². The molecular formula is C30H15NO2. The summed E-state index contributed by atoms with van der Waals surface area (Å²) >= 11 is 0. The topological polar surface area (TPSA) is 30.7 Å². The van der Waals surface area contributed by atoms with Crippen LogP contribution in [0.15, 0.2) is 99.8 Å². The molecule has 3 heteroatoms. The molecule has 0 spiro atoms. The molecule has 0 radical (unpaired) electrons. The highest BCUT2D eigenvalue weighted by Crippen LogP contribution is 2.48. The lowest BCUT2D eigenvalue weighted by atomic mass is 10.0. The second-order valence-electron chi connectivity index (χ2n) is 8.91. The van der Waals surface area contributed by atoms with Gasteiger partial charge in [0, 0.05) is 37.7 Å². The number of para-hydroxylation sites is 3. The fraction of sp³-hybridized carbons (Fsp3) is 0. The van der Waals surface area contributed by atoms with Crippen LogP contribution in [-0.2, 0) is 0 Å². The van der Waals surface area contributed by atoms with Crippen molar-refractivity contribution < 1.29 is 8.83 Å². The molecule has 0 aliphatic carbocycles. The zero-order valence-corrected chi connectivity index (χ0v) is 17.4. The maximum atomic E-state index is 6.47. The van der Waals surface area contributed by atoms with Gasteiger partial charge in [-0.25, -0.2) is 0 Å². The van der Waals surface area contributed by atoms with Crippen molar-refractivity contribution in [2.75, 3.05) is 0 Å². The Labute approximate surface area is 186 Å². The molecule has 0 fully saturated rings. The standard InChI is InChI=1S/C30H15NO2/c1-4-10-21-18(8-1)28-27-19-9-3-6-12-24(19)32-25(27)15-20-26-22(31(21)29(20)28)14-13-17-16-7-2-5-11-23(16)33-30(17)26/h1-15H. The Bertz CT molecular complexity index is 2240. The first kappa shape index (κ1) is 16.2. The molecule has 152 valence electrons. The van der Waals surface area contributed by atoms with E-state index < -0.39 is 0 Å². The molecule has 4 aromatic heterocycles. The number of furan rings is 2. The summed E-state index contributed by atoms with van der Waals surface area (Å²) in [6, 6.07) is 31.9. The van der Waals surface area contributed by atoms with E-state index in [1.807, 2.05) is 18.2 Å². The van der Waals surface area contributed by atoms with Crippen LogP contribution in [0.4, 0.5) is 0 Å². The zero-order valence-electron chi connectivity index (χ0n) is 17.4. The number of hydrogen-bond acceptors (Lipinski definition) is 2. The van der Waals surface area contributed by atoms with Gasteiger partial charge in [0.25, 0.3) is 0 Å². The molecule has 0 N–H and O–H groups in total. The second kappa shape index (κ2) is 5.28.